The summed E-state index contributed by atoms with van der Waals surface area (Å²) in [6, 6.07) is 60.5. The van der Waals surface area contributed by atoms with Gasteiger partial charge in [-0.05, 0) is 78.1 Å². The number of hydrogen-bond acceptors (Lipinski definition) is 0. The zero-order chi connectivity index (χ0) is 27.2. The van der Waals surface area contributed by atoms with Crippen LogP contribution >= 0.6 is 7.92 Å². The van der Waals surface area contributed by atoms with Gasteiger partial charge in [0.1, 0.15) is 0 Å². The van der Waals surface area contributed by atoms with Gasteiger partial charge in [0.25, 0.3) is 0 Å². The van der Waals surface area contributed by atoms with Crippen molar-refractivity contribution in [2.75, 3.05) is 0 Å². The van der Waals surface area contributed by atoms with Crippen LogP contribution in [-0.4, -0.2) is 0 Å². The molecule has 0 aliphatic heterocycles. The molecule has 0 aromatic heterocycles. The number of rotatable bonds is 4. The summed E-state index contributed by atoms with van der Waals surface area (Å²) in [7, 11) is -0.818. The Balaban J connectivity index is 1.59. The predicted octanol–water partition coefficient (Wildman–Crippen LogP) is 9.72. The molecule has 0 atom stereocenters. The van der Waals surface area contributed by atoms with Gasteiger partial charge in [0.2, 0.25) is 0 Å². The van der Waals surface area contributed by atoms with Gasteiger partial charge in [0.15, 0.2) is 0 Å². The van der Waals surface area contributed by atoms with Crippen LogP contribution in [0.25, 0.3) is 54.2 Å². The standard InChI is InChI=1S/C40H27P/c1-3-15-32(16-4-1)41(33-17-5-2-6-18-33)37-27-26-31-25-23-29-13-8-10-20-35(29)39(31)40(37)36-21-11-14-30-24-22-28-12-7-9-19-34(28)38(30)36/h1-27H. The van der Waals surface area contributed by atoms with Crippen molar-refractivity contribution < 1.29 is 0 Å². The normalized spacial score (nSPS) is 11.6. The molecule has 192 valence electrons. The van der Waals surface area contributed by atoms with Crippen LogP contribution in [0.15, 0.2) is 164 Å². The summed E-state index contributed by atoms with van der Waals surface area (Å²) in [6.45, 7) is 0. The van der Waals surface area contributed by atoms with Gasteiger partial charge in [-0.3, -0.25) is 0 Å². The van der Waals surface area contributed by atoms with E-state index in [0.717, 1.165) is 0 Å². The summed E-state index contributed by atoms with van der Waals surface area (Å²) in [5.74, 6) is 0. The van der Waals surface area contributed by atoms with Crippen molar-refractivity contribution in [3.63, 3.8) is 0 Å². The fourth-order valence-electron chi connectivity index (χ4n) is 6.39. The van der Waals surface area contributed by atoms with Crippen molar-refractivity contribution in [3.05, 3.63) is 164 Å². The minimum Gasteiger partial charge on any atom is -0.0622 e. The van der Waals surface area contributed by atoms with E-state index in [-0.39, 0.29) is 0 Å². The Morgan fingerprint density at radius 1 is 0.317 bits per heavy atom. The molecular weight excluding hydrogens is 511 g/mol. The molecule has 0 fully saturated rings. The molecule has 0 nitrogen and oxygen atoms in total. The fourth-order valence-corrected chi connectivity index (χ4v) is 8.87. The first-order valence-corrected chi connectivity index (χ1v) is 15.5. The van der Waals surface area contributed by atoms with E-state index in [9.17, 15) is 0 Å². The molecular formula is C40H27P. The second-order valence-electron chi connectivity index (χ2n) is 10.5. The second kappa shape index (κ2) is 10.0. The lowest BCUT2D eigenvalue weighted by molar-refractivity contribution is 1.72. The van der Waals surface area contributed by atoms with Crippen molar-refractivity contribution in [1.82, 2.24) is 0 Å². The predicted molar refractivity (Wildman–Crippen MR) is 181 cm³/mol. The van der Waals surface area contributed by atoms with E-state index < -0.39 is 7.92 Å². The Labute approximate surface area is 241 Å². The van der Waals surface area contributed by atoms with Gasteiger partial charge in [-0.15, -0.1) is 0 Å². The lowest BCUT2D eigenvalue weighted by Crippen LogP contribution is -2.22. The monoisotopic (exact) mass is 538 g/mol. The Morgan fingerprint density at radius 3 is 1.41 bits per heavy atom. The molecule has 0 heterocycles. The maximum absolute atomic E-state index is 2.40. The van der Waals surface area contributed by atoms with Crippen molar-refractivity contribution >= 4 is 66.9 Å². The lowest BCUT2D eigenvalue weighted by atomic mass is 9.89. The first-order valence-electron chi connectivity index (χ1n) is 14.1. The molecule has 0 spiro atoms. The summed E-state index contributed by atoms with van der Waals surface area (Å²) in [4.78, 5) is 0. The molecule has 0 bridgehead atoms. The molecule has 0 radical (unpaired) electrons. The molecule has 41 heavy (non-hydrogen) atoms. The highest BCUT2D eigenvalue weighted by Gasteiger charge is 2.24. The van der Waals surface area contributed by atoms with Crippen molar-refractivity contribution in [1.29, 1.82) is 0 Å². The molecule has 0 saturated carbocycles. The first kappa shape index (κ1) is 24.1. The molecule has 8 aromatic rings. The second-order valence-corrected chi connectivity index (χ2v) is 12.7. The summed E-state index contributed by atoms with van der Waals surface area (Å²) in [5, 5.41) is 14.5. The molecule has 0 aliphatic rings. The fraction of sp³-hybridized carbons (Fsp3) is 0. The van der Waals surface area contributed by atoms with Gasteiger partial charge < -0.3 is 0 Å². The van der Waals surface area contributed by atoms with Crippen LogP contribution in [0, 0.1) is 0 Å². The van der Waals surface area contributed by atoms with Crippen LogP contribution in [0.3, 0.4) is 0 Å². The third kappa shape index (κ3) is 4.03. The molecule has 0 saturated heterocycles. The first-order chi connectivity index (χ1) is 20.4. The molecule has 0 amide bonds. The molecule has 0 unspecified atom stereocenters. The smallest absolute Gasteiger partial charge is 0.000903 e. The number of benzene rings is 8. The van der Waals surface area contributed by atoms with E-state index in [1.807, 2.05) is 0 Å². The van der Waals surface area contributed by atoms with Crippen LogP contribution in [0.1, 0.15) is 0 Å². The van der Waals surface area contributed by atoms with E-state index in [1.165, 1.54) is 70.1 Å². The maximum Gasteiger partial charge on any atom is -0.000903 e. The molecule has 8 aromatic carbocycles. The van der Waals surface area contributed by atoms with E-state index in [0.29, 0.717) is 0 Å². The van der Waals surface area contributed by atoms with Crippen LogP contribution in [0.4, 0.5) is 0 Å². The summed E-state index contributed by atoms with van der Waals surface area (Å²) >= 11 is 0. The van der Waals surface area contributed by atoms with Gasteiger partial charge in [0, 0.05) is 0 Å². The van der Waals surface area contributed by atoms with E-state index >= 15 is 0 Å². The van der Waals surface area contributed by atoms with Crippen molar-refractivity contribution in [2.45, 2.75) is 0 Å². The Kier molecular flexibility index (Phi) is 5.87. The molecule has 0 aliphatic carbocycles. The quantitative estimate of drug-likeness (QED) is 0.155. The van der Waals surface area contributed by atoms with Gasteiger partial charge in [0.05, 0.1) is 0 Å². The van der Waals surface area contributed by atoms with Crippen molar-refractivity contribution in [2.24, 2.45) is 0 Å². The highest BCUT2D eigenvalue weighted by molar-refractivity contribution is 7.80. The average Bonchev–Trinajstić information content (AvgIpc) is 3.05. The SMILES string of the molecule is c1ccc(P(c2ccccc2)c2ccc3ccc4ccccc4c3c2-c2cccc3ccc4ccccc4c23)cc1. The molecule has 1 heteroatoms. The van der Waals surface area contributed by atoms with Gasteiger partial charge in [-0.25, -0.2) is 0 Å². The number of fused-ring (bicyclic) bond motifs is 6. The minimum absolute atomic E-state index is 0.818. The van der Waals surface area contributed by atoms with Crippen LogP contribution in [0.2, 0.25) is 0 Å². The van der Waals surface area contributed by atoms with Gasteiger partial charge in [-0.1, -0.05) is 164 Å². The van der Waals surface area contributed by atoms with Crippen LogP contribution in [0.5, 0.6) is 0 Å². The summed E-state index contributed by atoms with van der Waals surface area (Å²) in [6.07, 6.45) is 0. The Hall–Kier alpha value is -4.77. The number of hydrogen-bond donors (Lipinski definition) is 0. The van der Waals surface area contributed by atoms with Crippen LogP contribution in [-0.2, 0) is 0 Å². The highest BCUT2D eigenvalue weighted by Crippen LogP contribution is 2.45. The van der Waals surface area contributed by atoms with Gasteiger partial charge in [-0.2, -0.15) is 0 Å². The zero-order valence-corrected chi connectivity index (χ0v) is 23.4. The lowest BCUT2D eigenvalue weighted by Gasteiger charge is -2.25. The molecule has 0 N–H and O–H groups in total. The summed E-state index contributed by atoms with van der Waals surface area (Å²) in [5.41, 5.74) is 2.65. The highest BCUT2D eigenvalue weighted by atomic mass is 31.1. The zero-order valence-electron chi connectivity index (χ0n) is 22.5. The average molecular weight is 539 g/mol. The topological polar surface area (TPSA) is 0 Å². The van der Waals surface area contributed by atoms with E-state index in [2.05, 4.69) is 164 Å². The summed E-state index contributed by atoms with van der Waals surface area (Å²) < 4.78 is 0. The van der Waals surface area contributed by atoms with E-state index in [4.69, 9.17) is 0 Å². The van der Waals surface area contributed by atoms with E-state index in [1.54, 1.807) is 0 Å². The van der Waals surface area contributed by atoms with Crippen molar-refractivity contribution in [3.8, 4) is 11.1 Å². The minimum atomic E-state index is -0.818. The molecule has 8 rings (SSSR count). The Morgan fingerprint density at radius 2 is 0.780 bits per heavy atom. The van der Waals surface area contributed by atoms with Crippen LogP contribution < -0.4 is 15.9 Å². The maximum atomic E-state index is 2.40. The van der Waals surface area contributed by atoms with Gasteiger partial charge >= 0.3 is 0 Å². The largest absolute Gasteiger partial charge is 0.0622 e. The third-order valence-corrected chi connectivity index (χ3v) is 10.7. The Bertz CT molecular complexity index is 2160. The third-order valence-electron chi connectivity index (χ3n) is 8.20.